The van der Waals surface area contributed by atoms with Crippen LogP contribution in [-0.2, 0) is 20.0 Å². The molecule has 18 heavy (non-hydrogen) atoms. The van der Waals surface area contributed by atoms with Crippen molar-refractivity contribution in [2.24, 2.45) is 7.05 Å². The molecule has 0 aliphatic rings. The minimum Gasteiger partial charge on any atom is -0.378 e. The number of anilines is 1. The third-order valence-corrected chi connectivity index (χ3v) is 3.93. The molecule has 5 heteroatoms. The molecule has 0 spiro atoms. The van der Waals surface area contributed by atoms with E-state index in [1.807, 2.05) is 29.9 Å². The van der Waals surface area contributed by atoms with Crippen LogP contribution in [0.1, 0.15) is 18.3 Å². The summed E-state index contributed by atoms with van der Waals surface area (Å²) in [6, 6.07) is 8.24. The third kappa shape index (κ3) is 3.14. The number of nitrogens with zero attached hydrogens (tertiary/aromatic N) is 2. The van der Waals surface area contributed by atoms with E-state index in [1.54, 1.807) is 0 Å². The number of benzene rings is 1. The average Bonchev–Trinajstić information content (AvgIpc) is 2.69. The fourth-order valence-electron chi connectivity index (χ4n) is 1.73. The molecule has 3 nitrogen and oxygen atoms in total. The van der Waals surface area contributed by atoms with Crippen LogP contribution < -0.4 is 5.32 Å². The highest BCUT2D eigenvalue weighted by atomic mass is 79.9. The highest BCUT2D eigenvalue weighted by molar-refractivity contribution is 9.11. The smallest absolute Gasteiger partial charge is 0.0625 e. The molecule has 0 unspecified atom stereocenters. The van der Waals surface area contributed by atoms with Gasteiger partial charge in [-0.25, -0.2) is 0 Å². The maximum Gasteiger partial charge on any atom is 0.0625 e. The van der Waals surface area contributed by atoms with Crippen molar-refractivity contribution in [3.63, 3.8) is 0 Å². The maximum atomic E-state index is 4.44. The Hall–Kier alpha value is -0.810. The molecule has 2 rings (SSSR count). The van der Waals surface area contributed by atoms with E-state index in [-0.39, 0.29) is 0 Å². The summed E-state index contributed by atoms with van der Waals surface area (Å²) in [5, 5.41) is 7.84. The van der Waals surface area contributed by atoms with Gasteiger partial charge in [0.2, 0.25) is 0 Å². The Balaban J connectivity index is 2.08. The van der Waals surface area contributed by atoms with Crippen LogP contribution in [0.4, 0.5) is 5.69 Å². The zero-order chi connectivity index (χ0) is 13.1. The third-order valence-electron chi connectivity index (χ3n) is 2.78. The molecule has 1 aromatic carbocycles. The first-order valence-corrected chi connectivity index (χ1v) is 7.39. The lowest BCUT2D eigenvalue weighted by Gasteiger charge is -2.08. The largest absolute Gasteiger partial charge is 0.378 e. The van der Waals surface area contributed by atoms with Crippen LogP contribution in [0.3, 0.4) is 0 Å². The van der Waals surface area contributed by atoms with Gasteiger partial charge >= 0.3 is 0 Å². The topological polar surface area (TPSA) is 29.9 Å². The number of aryl methyl sites for hydroxylation is 2. The van der Waals surface area contributed by atoms with E-state index in [9.17, 15) is 0 Å². The number of hydrogen-bond donors (Lipinski definition) is 1. The first-order chi connectivity index (χ1) is 8.60. The lowest BCUT2D eigenvalue weighted by Crippen LogP contribution is -2.05. The van der Waals surface area contributed by atoms with E-state index >= 15 is 0 Å². The van der Waals surface area contributed by atoms with Crippen LogP contribution in [0.25, 0.3) is 0 Å². The van der Waals surface area contributed by atoms with Crippen molar-refractivity contribution in [1.82, 2.24) is 9.78 Å². The lowest BCUT2D eigenvalue weighted by atomic mass is 10.3. The monoisotopic (exact) mass is 371 g/mol. The summed E-state index contributed by atoms with van der Waals surface area (Å²) in [6.45, 7) is 2.88. The number of rotatable bonds is 4. The molecule has 0 aliphatic heterocycles. The van der Waals surface area contributed by atoms with E-state index in [4.69, 9.17) is 0 Å². The number of aromatic nitrogens is 2. The Morgan fingerprint density at radius 1 is 1.28 bits per heavy atom. The van der Waals surface area contributed by atoms with Gasteiger partial charge < -0.3 is 5.32 Å². The SMILES string of the molecule is CCc1cc(CNc2ccc(Br)cc2Br)n(C)n1. The zero-order valence-corrected chi connectivity index (χ0v) is 13.5. The first kappa shape index (κ1) is 13.6. The summed E-state index contributed by atoms with van der Waals surface area (Å²) in [7, 11) is 1.98. The Kier molecular flexibility index (Phi) is 4.45. The summed E-state index contributed by atoms with van der Waals surface area (Å²) < 4.78 is 4.04. The van der Waals surface area contributed by atoms with Crippen molar-refractivity contribution in [3.8, 4) is 0 Å². The van der Waals surface area contributed by atoms with Crippen molar-refractivity contribution in [1.29, 1.82) is 0 Å². The lowest BCUT2D eigenvalue weighted by molar-refractivity contribution is 0.707. The van der Waals surface area contributed by atoms with Crippen LogP contribution in [0.5, 0.6) is 0 Å². The second-order valence-electron chi connectivity index (χ2n) is 4.08. The Bertz CT molecular complexity index is 549. The molecule has 0 fully saturated rings. The van der Waals surface area contributed by atoms with Gasteiger partial charge in [-0.3, -0.25) is 4.68 Å². The van der Waals surface area contributed by atoms with E-state index in [1.165, 1.54) is 5.69 Å². The molecule has 96 valence electrons. The van der Waals surface area contributed by atoms with Gasteiger partial charge in [-0.2, -0.15) is 5.10 Å². The summed E-state index contributed by atoms with van der Waals surface area (Å²) >= 11 is 6.99. The normalized spacial score (nSPS) is 10.7. The van der Waals surface area contributed by atoms with Gasteiger partial charge in [0.15, 0.2) is 0 Å². The van der Waals surface area contributed by atoms with Gasteiger partial charge in [0.25, 0.3) is 0 Å². The molecular formula is C13H15Br2N3. The standard InChI is InChI=1S/C13H15Br2N3/c1-3-10-7-11(18(2)17-10)8-16-13-5-4-9(14)6-12(13)15/h4-7,16H,3,8H2,1-2H3. The van der Waals surface area contributed by atoms with E-state index in [0.29, 0.717) is 0 Å². The van der Waals surface area contributed by atoms with Crippen molar-refractivity contribution >= 4 is 37.5 Å². The molecule has 1 heterocycles. The Morgan fingerprint density at radius 3 is 2.67 bits per heavy atom. The quantitative estimate of drug-likeness (QED) is 0.874. The molecule has 0 saturated carbocycles. The maximum absolute atomic E-state index is 4.44. The van der Waals surface area contributed by atoms with E-state index in [0.717, 1.165) is 33.3 Å². The number of hydrogen-bond acceptors (Lipinski definition) is 2. The Morgan fingerprint density at radius 2 is 2.06 bits per heavy atom. The molecule has 0 amide bonds. The first-order valence-electron chi connectivity index (χ1n) is 5.81. The molecular weight excluding hydrogens is 358 g/mol. The molecule has 0 atom stereocenters. The molecule has 1 aromatic heterocycles. The van der Waals surface area contributed by atoms with Crippen molar-refractivity contribution in [3.05, 3.63) is 44.6 Å². The van der Waals surface area contributed by atoms with Crippen LogP contribution >= 0.6 is 31.9 Å². The van der Waals surface area contributed by atoms with Gasteiger partial charge in [0, 0.05) is 21.7 Å². The highest BCUT2D eigenvalue weighted by Crippen LogP contribution is 2.26. The minimum absolute atomic E-state index is 0.768. The second-order valence-corrected chi connectivity index (χ2v) is 5.85. The molecule has 2 aromatic rings. The summed E-state index contributed by atoms with van der Waals surface area (Å²) in [5.41, 5.74) is 3.39. The van der Waals surface area contributed by atoms with Crippen LogP contribution in [0.2, 0.25) is 0 Å². The fraction of sp³-hybridized carbons (Fsp3) is 0.308. The molecule has 0 saturated heterocycles. The molecule has 0 radical (unpaired) electrons. The highest BCUT2D eigenvalue weighted by Gasteiger charge is 2.05. The summed E-state index contributed by atoms with van der Waals surface area (Å²) in [4.78, 5) is 0. The van der Waals surface area contributed by atoms with E-state index < -0.39 is 0 Å². The number of nitrogens with one attached hydrogen (secondary N) is 1. The fourth-order valence-corrected chi connectivity index (χ4v) is 2.92. The van der Waals surface area contributed by atoms with Crippen molar-refractivity contribution < 1.29 is 0 Å². The van der Waals surface area contributed by atoms with E-state index in [2.05, 4.69) is 55.3 Å². The Labute approximate surface area is 124 Å². The summed E-state index contributed by atoms with van der Waals surface area (Å²) in [5.74, 6) is 0. The van der Waals surface area contributed by atoms with Gasteiger partial charge in [0.1, 0.15) is 0 Å². The van der Waals surface area contributed by atoms with Crippen LogP contribution in [-0.4, -0.2) is 9.78 Å². The van der Waals surface area contributed by atoms with Crippen LogP contribution in [0.15, 0.2) is 33.2 Å². The summed E-state index contributed by atoms with van der Waals surface area (Å²) in [6.07, 6.45) is 0.968. The predicted octanol–water partition coefficient (Wildman–Crippen LogP) is 4.12. The van der Waals surface area contributed by atoms with Crippen molar-refractivity contribution in [2.45, 2.75) is 19.9 Å². The van der Waals surface area contributed by atoms with Gasteiger partial charge in [-0.1, -0.05) is 22.9 Å². The molecule has 0 bridgehead atoms. The average molecular weight is 373 g/mol. The van der Waals surface area contributed by atoms with Gasteiger partial charge in [-0.15, -0.1) is 0 Å². The minimum atomic E-state index is 0.768. The van der Waals surface area contributed by atoms with Gasteiger partial charge in [0.05, 0.1) is 17.9 Å². The molecule has 0 aliphatic carbocycles. The van der Waals surface area contributed by atoms with Crippen molar-refractivity contribution in [2.75, 3.05) is 5.32 Å². The zero-order valence-electron chi connectivity index (χ0n) is 10.4. The molecule has 1 N–H and O–H groups in total. The predicted molar refractivity (Wildman–Crippen MR) is 81.8 cm³/mol. The van der Waals surface area contributed by atoms with Gasteiger partial charge in [-0.05, 0) is 46.6 Å². The van der Waals surface area contributed by atoms with Crippen LogP contribution in [0, 0.1) is 0 Å². The second kappa shape index (κ2) is 5.89. The number of halogens is 2.